The molecule has 1 N–H and O–H groups in total. The molecule has 43 heavy (non-hydrogen) atoms. The van der Waals surface area contributed by atoms with Crippen molar-refractivity contribution in [2.75, 3.05) is 52.9 Å². The summed E-state index contributed by atoms with van der Waals surface area (Å²) in [5, 5.41) is 1.21. The number of likely N-dealkylation sites (N-methyl/N-ethyl adjacent to an activating group) is 1. The van der Waals surface area contributed by atoms with Crippen molar-refractivity contribution in [3.63, 3.8) is 0 Å². The fourth-order valence-electron chi connectivity index (χ4n) is 8.10. The van der Waals surface area contributed by atoms with Gasteiger partial charge in [-0.15, -0.1) is 11.3 Å². The molecule has 7 rings (SSSR count). The number of rotatable bonds is 7. The number of aromatic nitrogens is 1. The first-order chi connectivity index (χ1) is 20.7. The molecule has 0 aliphatic carbocycles. The molecule has 8 heteroatoms. The Labute approximate surface area is 259 Å². The van der Waals surface area contributed by atoms with Crippen molar-refractivity contribution in [3.05, 3.63) is 52.4 Å². The third-order valence-electron chi connectivity index (χ3n) is 10.5. The second-order valence-corrected chi connectivity index (χ2v) is 14.6. The minimum Gasteiger partial charge on any atom is -0.346 e. The third kappa shape index (κ3) is 5.47. The van der Waals surface area contributed by atoms with Gasteiger partial charge in [-0.3, -0.25) is 9.59 Å². The average Bonchev–Trinajstić information content (AvgIpc) is 3.82. The SMILES string of the molecule is C=C(C(=O)N1C2CCC1CC2)c1cc2c(CCN3CCC(C(=O)N4CCN(C)CC4)C3)c(-c3cc(C)cc(C)c3)[nH]c2s1. The van der Waals surface area contributed by atoms with E-state index in [0.29, 0.717) is 23.6 Å². The van der Waals surface area contributed by atoms with Gasteiger partial charge in [-0.1, -0.05) is 23.8 Å². The van der Waals surface area contributed by atoms with Crippen LogP contribution >= 0.6 is 11.3 Å². The van der Waals surface area contributed by atoms with Gasteiger partial charge in [0.2, 0.25) is 5.91 Å². The normalized spacial score (nSPS) is 24.5. The first-order valence-electron chi connectivity index (χ1n) is 16.2. The summed E-state index contributed by atoms with van der Waals surface area (Å²) in [5.41, 5.74) is 6.84. The van der Waals surface area contributed by atoms with E-state index in [1.165, 1.54) is 33.3 Å². The lowest BCUT2D eigenvalue weighted by atomic mass is 9.99. The summed E-state index contributed by atoms with van der Waals surface area (Å²) in [7, 11) is 2.13. The summed E-state index contributed by atoms with van der Waals surface area (Å²) in [6.45, 7) is 15.0. The Kier molecular flexibility index (Phi) is 7.72. The maximum absolute atomic E-state index is 13.6. The molecule has 0 radical (unpaired) electrons. The highest BCUT2D eigenvalue weighted by Crippen LogP contribution is 2.42. The van der Waals surface area contributed by atoms with E-state index in [1.807, 2.05) is 0 Å². The number of hydrogen-bond acceptors (Lipinski definition) is 5. The molecule has 1 aromatic carbocycles. The number of carbonyl (C=O) groups excluding carboxylic acids is 2. The van der Waals surface area contributed by atoms with Crippen LogP contribution in [0.25, 0.3) is 27.0 Å². The molecule has 0 spiro atoms. The number of nitrogens with one attached hydrogen (secondary N) is 1. The molecule has 228 valence electrons. The van der Waals surface area contributed by atoms with Gasteiger partial charge in [0.1, 0.15) is 4.83 Å². The number of benzene rings is 1. The number of fused-ring (bicyclic) bond motifs is 3. The van der Waals surface area contributed by atoms with Gasteiger partial charge in [-0.05, 0) is 95.3 Å². The van der Waals surface area contributed by atoms with Crippen molar-refractivity contribution < 1.29 is 9.59 Å². The van der Waals surface area contributed by atoms with Crippen molar-refractivity contribution in [2.24, 2.45) is 5.92 Å². The van der Waals surface area contributed by atoms with Crippen LogP contribution in [0.5, 0.6) is 0 Å². The van der Waals surface area contributed by atoms with Gasteiger partial charge in [-0.25, -0.2) is 0 Å². The minimum absolute atomic E-state index is 0.108. The molecular weight excluding hydrogens is 554 g/mol. The van der Waals surface area contributed by atoms with E-state index < -0.39 is 0 Å². The standard InChI is InChI=1S/C35H45N5O2S/c1-22-17-23(2)19-26(18-22)32-29(10-12-38-11-9-25(21-38)35(42)39-15-13-37(4)14-16-39)30-20-31(43-33(30)36-32)24(3)34(41)40-27-5-6-28(40)8-7-27/h17-20,25,27-28,36H,3,5-16,21H2,1-2,4H3. The predicted molar refractivity (Wildman–Crippen MR) is 175 cm³/mol. The molecule has 6 heterocycles. The number of aryl methyl sites for hydroxylation is 2. The van der Waals surface area contributed by atoms with Crippen molar-refractivity contribution in [1.29, 1.82) is 0 Å². The van der Waals surface area contributed by atoms with Gasteiger partial charge in [0.05, 0.1) is 11.6 Å². The molecule has 2 bridgehead atoms. The van der Waals surface area contributed by atoms with Gasteiger partial charge in [0.15, 0.2) is 0 Å². The number of carbonyl (C=O) groups is 2. The van der Waals surface area contributed by atoms with Crippen LogP contribution in [0.3, 0.4) is 0 Å². The van der Waals surface area contributed by atoms with Crippen molar-refractivity contribution >= 4 is 38.9 Å². The maximum atomic E-state index is 13.6. The number of amides is 2. The average molecular weight is 600 g/mol. The fourth-order valence-corrected chi connectivity index (χ4v) is 9.16. The summed E-state index contributed by atoms with van der Waals surface area (Å²) in [5.74, 6) is 0.572. The molecule has 4 fully saturated rings. The first-order valence-corrected chi connectivity index (χ1v) is 17.0. The molecule has 0 saturated carbocycles. The van der Waals surface area contributed by atoms with E-state index in [9.17, 15) is 9.59 Å². The summed E-state index contributed by atoms with van der Waals surface area (Å²) in [4.78, 5) is 41.7. The van der Waals surface area contributed by atoms with Crippen LogP contribution < -0.4 is 0 Å². The van der Waals surface area contributed by atoms with Gasteiger partial charge < -0.3 is 24.6 Å². The topological polar surface area (TPSA) is 62.9 Å². The van der Waals surface area contributed by atoms with Crippen LogP contribution in [-0.2, 0) is 16.0 Å². The summed E-state index contributed by atoms with van der Waals surface area (Å²) in [6.07, 6.45) is 6.38. The van der Waals surface area contributed by atoms with E-state index in [4.69, 9.17) is 0 Å². The lowest BCUT2D eigenvalue weighted by molar-refractivity contribution is -0.136. The molecule has 1 unspecified atom stereocenters. The number of hydrogen-bond donors (Lipinski definition) is 1. The zero-order valence-corrected chi connectivity index (χ0v) is 26.8. The number of aromatic amines is 1. The Balaban J connectivity index is 1.12. The Bertz CT molecular complexity index is 1520. The van der Waals surface area contributed by atoms with Crippen LogP contribution in [0.4, 0.5) is 0 Å². The summed E-state index contributed by atoms with van der Waals surface area (Å²) in [6, 6.07) is 9.75. The molecule has 1 atom stereocenters. The Hall–Kier alpha value is -2.94. The maximum Gasteiger partial charge on any atom is 0.255 e. The molecule has 7 nitrogen and oxygen atoms in total. The highest BCUT2D eigenvalue weighted by Gasteiger charge is 2.43. The van der Waals surface area contributed by atoms with E-state index >= 15 is 0 Å². The number of piperazine rings is 1. The van der Waals surface area contributed by atoms with Crippen molar-refractivity contribution in [3.8, 4) is 11.3 Å². The van der Waals surface area contributed by atoms with Crippen LogP contribution in [0.2, 0.25) is 0 Å². The fraction of sp³-hybridized carbons (Fsp3) is 0.543. The molecule has 2 amide bonds. The number of thiophene rings is 1. The second kappa shape index (κ2) is 11.5. The molecule has 3 aromatic rings. The van der Waals surface area contributed by atoms with Crippen LogP contribution in [-0.4, -0.2) is 101 Å². The lowest BCUT2D eigenvalue weighted by Crippen LogP contribution is -2.49. The van der Waals surface area contributed by atoms with Gasteiger partial charge >= 0.3 is 0 Å². The Morgan fingerprint density at radius 3 is 2.28 bits per heavy atom. The molecule has 4 aliphatic rings. The number of likely N-dealkylation sites (tertiary alicyclic amines) is 1. The zero-order valence-electron chi connectivity index (χ0n) is 26.0. The van der Waals surface area contributed by atoms with Crippen LogP contribution in [0.1, 0.15) is 53.7 Å². The second-order valence-electron chi connectivity index (χ2n) is 13.5. The van der Waals surface area contributed by atoms with Gasteiger partial charge in [0.25, 0.3) is 5.91 Å². The lowest BCUT2D eigenvalue weighted by Gasteiger charge is -2.34. The van der Waals surface area contributed by atoms with E-state index in [0.717, 1.165) is 94.0 Å². The van der Waals surface area contributed by atoms with Crippen molar-refractivity contribution in [2.45, 2.75) is 64.5 Å². The smallest absolute Gasteiger partial charge is 0.255 e. The molecule has 2 aromatic heterocycles. The monoisotopic (exact) mass is 599 g/mol. The summed E-state index contributed by atoms with van der Waals surface area (Å²) >= 11 is 1.66. The van der Waals surface area contributed by atoms with E-state index in [1.54, 1.807) is 11.3 Å². The first kappa shape index (κ1) is 28.8. The quantitative estimate of drug-likeness (QED) is 0.374. The highest BCUT2D eigenvalue weighted by molar-refractivity contribution is 7.20. The Morgan fingerprint density at radius 2 is 1.60 bits per heavy atom. The predicted octanol–water partition coefficient (Wildman–Crippen LogP) is 5.32. The van der Waals surface area contributed by atoms with Crippen LogP contribution in [0.15, 0.2) is 30.8 Å². The zero-order chi connectivity index (χ0) is 29.8. The molecule has 4 saturated heterocycles. The third-order valence-corrected chi connectivity index (χ3v) is 11.6. The summed E-state index contributed by atoms with van der Waals surface area (Å²) < 4.78 is 0. The van der Waals surface area contributed by atoms with Crippen LogP contribution in [0, 0.1) is 19.8 Å². The molecule has 4 aliphatic heterocycles. The highest BCUT2D eigenvalue weighted by atomic mass is 32.1. The largest absolute Gasteiger partial charge is 0.346 e. The number of nitrogens with zero attached hydrogens (tertiary/aromatic N) is 4. The van der Waals surface area contributed by atoms with E-state index in [-0.39, 0.29) is 11.8 Å². The van der Waals surface area contributed by atoms with E-state index in [2.05, 4.69) is 76.3 Å². The van der Waals surface area contributed by atoms with Gasteiger partial charge in [0, 0.05) is 67.2 Å². The minimum atomic E-state index is 0.108. The van der Waals surface area contributed by atoms with Crippen molar-refractivity contribution in [1.82, 2.24) is 24.6 Å². The molecular formula is C35H45N5O2S. The number of H-pyrrole nitrogens is 1. The van der Waals surface area contributed by atoms with Gasteiger partial charge in [-0.2, -0.15) is 0 Å². The Morgan fingerprint density at radius 1 is 0.930 bits per heavy atom.